The second-order valence-electron chi connectivity index (χ2n) is 6.09. The molecule has 1 aromatic carbocycles. The summed E-state index contributed by atoms with van der Waals surface area (Å²) in [6.07, 6.45) is 0.855. The van der Waals surface area contributed by atoms with E-state index in [1.165, 1.54) is 22.2 Å². The van der Waals surface area contributed by atoms with E-state index in [1.807, 2.05) is 23.6 Å². The number of benzene rings is 1. The highest BCUT2D eigenvalue weighted by atomic mass is 32.2. The molecule has 136 valence electrons. The fraction of sp³-hybridized carbons (Fsp3) is 0.333. The van der Waals surface area contributed by atoms with Gasteiger partial charge in [-0.3, -0.25) is 4.79 Å². The third-order valence-corrected chi connectivity index (χ3v) is 5.71. The minimum atomic E-state index is -0.0174. The van der Waals surface area contributed by atoms with Crippen molar-refractivity contribution in [1.29, 1.82) is 0 Å². The van der Waals surface area contributed by atoms with Crippen LogP contribution in [-0.2, 0) is 11.2 Å². The summed E-state index contributed by atoms with van der Waals surface area (Å²) in [5.41, 5.74) is 2.15. The van der Waals surface area contributed by atoms with Gasteiger partial charge in [0.1, 0.15) is 0 Å². The molecule has 0 radical (unpaired) electrons. The number of amides is 1. The monoisotopic (exact) mass is 387 g/mol. The minimum absolute atomic E-state index is 0.0174. The van der Waals surface area contributed by atoms with E-state index in [9.17, 15) is 4.79 Å². The molecule has 6 nitrogen and oxygen atoms in total. The van der Waals surface area contributed by atoms with Gasteiger partial charge in [0, 0.05) is 11.4 Å². The molecule has 26 heavy (non-hydrogen) atoms. The first-order chi connectivity index (χ1) is 12.6. The molecule has 0 bridgehead atoms. The molecule has 3 aromatic rings. The average molecular weight is 388 g/mol. The van der Waals surface area contributed by atoms with Gasteiger partial charge in [-0.25, -0.2) is 0 Å². The molecule has 2 heterocycles. The van der Waals surface area contributed by atoms with Gasteiger partial charge in [0.2, 0.25) is 11.1 Å². The Hall–Kier alpha value is -2.19. The zero-order valence-electron chi connectivity index (χ0n) is 14.8. The molecule has 0 aliphatic rings. The van der Waals surface area contributed by atoms with E-state index < -0.39 is 0 Å². The van der Waals surface area contributed by atoms with Crippen molar-refractivity contribution >= 4 is 29.0 Å². The smallest absolute Gasteiger partial charge is 0.230 e. The van der Waals surface area contributed by atoms with Gasteiger partial charge in [0.15, 0.2) is 0 Å². The predicted octanol–water partition coefficient (Wildman–Crippen LogP) is 3.30. The van der Waals surface area contributed by atoms with Crippen molar-refractivity contribution in [2.45, 2.75) is 31.3 Å². The van der Waals surface area contributed by atoms with E-state index >= 15 is 0 Å². The topological polar surface area (TPSA) is 72.7 Å². The Kier molecular flexibility index (Phi) is 6.40. The van der Waals surface area contributed by atoms with Crippen LogP contribution in [-0.4, -0.2) is 38.4 Å². The van der Waals surface area contributed by atoms with Crippen LogP contribution >= 0.6 is 23.1 Å². The molecule has 8 heteroatoms. The lowest BCUT2D eigenvalue weighted by molar-refractivity contribution is -0.118. The number of nitrogens with zero attached hydrogens (tertiary/aromatic N) is 4. The Morgan fingerprint density at radius 2 is 2.08 bits per heavy atom. The van der Waals surface area contributed by atoms with Crippen molar-refractivity contribution in [3.63, 3.8) is 0 Å². The fourth-order valence-electron chi connectivity index (χ4n) is 2.39. The lowest BCUT2D eigenvalue weighted by atomic mass is 10.0. The number of thiophene rings is 1. The summed E-state index contributed by atoms with van der Waals surface area (Å²) in [7, 11) is 0. The van der Waals surface area contributed by atoms with Crippen molar-refractivity contribution in [2.24, 2.45) is 0 Å². The Morgan fingerprint density at radius 1 is 1.27 bits per heavy atom. The summed E-state index contributed by atoms with van der Waals surface area (Å²) < 4.78 is 1.66. The van der Waals surface area contributed by atoms with Gasteiger partial charge in [-0.15, -0.1) is 16.4 Å². The maximum Gasteiger partial charge on any atom is 0.230 e. The second kappa shape index (κ2) is 8.95. The Labute approximate surface area is 161 Å². The van der Waals surface area contributed by atoms with E-state index in [2.05, 4.69) is 52.9 Å². The summed E-state index contributed by atoms with van der Waals surface area (Å²) >= 11 is 3.03. The molecule has 1 N–H and O–H groups in total. The molecule has 0 atom stereocenters. The van der Waals surface area contributed by atoms with Crippen LogP contribution in [0.4, 0.5) is 0 Å². The molecule has 0 aliphatic carbocycles. The van der Waals surface area contributed by atoms with E-state index in [4.69, 9.17) is 0 Å². The van der Waals surface area contributed by atoms with E-state index in [1.54, 1.807) is 16.0 Å². The van der Waals surface area contributed by atoms with E-state index in [0.717, 1.165) is 12.1 Å². The molecule has 3 rings (SSSR count). The quantitative estimate of drug-likeness (QED) is 0.601. The van der Waals surface area contributed by atoms with Gasteiger partial charge >= 0.3 is 0 Å². The normalized spacial score (nSPS) is 11.0. The summed E-state index contributed by atoms with van der Waals surface area (Å²) in [6, 6.07) is 12.2. The van der Waals surface area contributed by atoms with Crippen LogP contribution in [0.2, 0.25) is 0 Å². The van der Waals surface area contributed by atoms with Crippen molar-refractivity contribution in [3.05, 3.63) is 52.2 Å². The first-order valence-corrected chi connectivity index (χ1v) is 10.3. The largest absolute Gasteiger partial charge is 0.355 e. The first kappa shape index (κ1) is 18.6. The highest BCUT2D eigenvalue weighted by molar-refractivity contribution is 7.99. The predicted molar refractivity (Wildman–Crippen MR) is 105 cm³/mol. The van der Waals surface area contributed by atoms with Crippen LogP contribution in [0, 0.1) is 0 Å². The lowest BCUT2D eigenvalue weighted by Gasteiger charge is -2.08. The third-order valence-electron chi connectivity index (χ3n) is 3.85. The van der Waals surface area contributed by atoms with Crippen LogP contribution in [0.15, 0.2) is 46.9 Å². The lowest BCUT2D eigenvalue weighted by Crippen LogP contribution is -2.27. The van der Waals surface area contributed by atoms with Crippen LogP contribution in [0.5, 0.6) is 0 Å². The molecular weight excluding hydrogens is 366 g/mol. The number of hydrogen-bond acceptors (Lipinski definition) is 6. The fourth-order valence-corrected chi connectivity index (χ4v) is 3.82. The van der Waals surface area contributed by atoms with E-state index in [-0.39, 0.29) is 11.7 Å². The molecule has 1 amide bonds. The molecule has 0 fully saturated rings. The maximum absolute atomic E-state index is 12.0. The second-order valence-corrected chi connectivity index (χ2v) is 8.06. The minimum Gasteiger partial charge on any atom is -0.355 e. The molecule has 0 saturated carbocycles. The van der Waals surface area contributed by atoms with Gasteiger partial charge in [-0.1, -0.05) is 43.8 Å². The Balaban J connectivity index is 1.52. The van der Waals surface area contributed by atoms with E-state index in [0.29, 0.717) is 17.6 Å². The number of rotatable bonds is 8. The van der Waals surface area contributed by atoms with Crippen LogP contribution < -0.4 is 5.32 Å². The van der Waals surface area contributed by atoms with Gasteiger partial charge in [0.05, 0.1) is 11.4 Å². The van der Waals surface area contributed by atoms with Crippen LogP contribution in [0.25, 0.3) is 5.69 Å². The van der Waals surface area contributed by atoms with Crippen LogP contribution in [0.1, 0.15) is 30.2 Å². The molecule has 0 saturated heterocycles. The molecule has 0 unspecified atom stereocenters. The molecule has 0 spiro atoms. The highest BCUT2D eigenvalue weighted by Crippen LogP contribution is 2.20. The number of hydrogen-bond donors (Lipinski definition) is 1. The highest BCUT2D eigenvalue weighted by Gasteiger charge is 2.12. The average Bonchev–Trinajstić information content (AvgIpc) is 3.32. The number of carbonyl (C=O) groups excluding carboxylic acids is 1. The number of aromatic nitrogens is 4. The maximum atomic E-state index is 12.0. The summed E-state index contributed by atoms with van der Waals surface area (Å²) in [6.45, 7) is 4.95. The molecular formula is C18H21N5OS2. The van der Waals surface area contributed by atoms with Crippen molar-refractivity contribution < 1.29 is 4.79 Å². The van der Waals surface area contributed by atoms with Crippen molar-refractivity contribution in [1.82, 2.24) is 25.5 Å². The zero-order valence-corrected chi connectivity index (χ0v) is 16.4. The summed E-state index contributed by atoms with van der Waals surface area (Å²) in [5, 5.41) is 17.4. The zero-order chi connectivity index (χ0) is 18.4. The number of tetrazole rings is 1. The molecule has 0 aliphatic heterocycles. The van der Waals surface area contributed by atoms with Crippen LogP contribution in [0.3, 0.4) is 0 Å². The third kappa shape index (κ3) is 4.92. The number of thioether (sulfide) groups is 1. The Bertz CT molecular complexity index is 828. The number of carbonyl (C=O) groups is 1. The molecule has 2 aromatic heterocycles. The standard InChI is InChI=1S/C18H21N5OS2/c1-13(2)14-5-7-15(8-6-14)23-18(20-21-22-23)26-12-17(24)19-10-9-16-4-3-11-25-16/h3-8,11,13H,9-10,12H2,1-2H3,(H,19,24). The van der Waals surface area contributed by atoms with Gasteiger partial charge in [-0.2, -0.15) is 4.68 Å². The van der Waals surface area contributed by atoms with Gasteiger partial charge < -0.3 is 5.32 Å². The van der Waals surface area contributed by atoms with Gasteiger partial charge in [0.25, 0.3) is 0 Å². The Morgan fingerprint density at radius 3 is 2.77 bits per heavy atom. The number of nitrogens with one attached hydrogen (secondary N) is 1. The summed E-state index contributed by atoms with van der Waals surface area (Å²) in [4.78, 5) is 13.3. The van der Waals surface area contributed by atoms with Gasteiger partial charge in [-0.05, 0) is 51.9 Å². The summed E-state index contributed by atoms with van der Waals surface area (Å²) in [5.74, 6) is 0.746. The SMILES string of the molecule is CC(C)c1ccc(-n2nnnc2SCC(=O)NCCc2cccs2)cc1. The van der Waals surface area contributed by atoms with Crippen molar-refractivity contribution in [3.8, 4) is 5.69 Å². The first-order valence-electron chi connectivity index (χ1n) is 8.44. The van der Waals surface area contributed by atoms with Crippen molar-refractivity contribution in [2.75, 3.05) is 12.3 Å².